The number of nitrogens with two attached hydrogens (primary N) is 1. The molecule has 1 heterocycles. The molecule has 0 atom stereocenters. The van der Waals surface area contributed by atoms with Crippen LogP contribution >= 0.6 is 46.3 Å². The summed E-state index contributed by atoms with van der Waals surface area (Å²) in [5, 5.41) is 1.75. The van der Waals surface area contributed by atoms with E-state index in [4.69, 9.17) is 29.0 Å². The molecule has 2 aromatic rings. The van der Waals surface area contributed by atoms with Crippen LogP contribution in [0.2, 0.25) is 10.0 Å². The maximum absolute atomic E-state index is 6.03. The number of anilines is 1. The molecule has 0 fully saturated rings. The van der Waals surface area contributed by atoms with Gasteiger partial charge in [0, 0.05) is 5.56 Å². The van der Waals surface area contributed by atoms with Crippen LogP contribution in [0.25, 0.3) is 11.3 Å². The van der Waals surface area contributed by atoms with Gasteiger partial charge in [0.25, 0.3) is 0 Å². The maximum atomic E-state index is 6.03. The number of nitrogens with one attached hydrogen (secondary N) is 1. The average molecular weight is 320 g/mol. The van der Waals surface area contributed by atoms with E-state index in [2.05, 4.69) is 17.3 Å². The van der Waals surface area contributed by atoms with Crippen molar-refractivity contribution in [2.24, 2.45) is 5.84 Å². The molecule has 0 spiro atoms. The third kappa shape index (κ3) is 2.92. The Balaban J connectivity index is 2.47. The van der Waals surface area contributed by atoms with Gasteiger partial charge in [-0.05, 0) is 17.9 Å². The van der Waals surface area contributed by atoms with Crippen LogP contribution in [0.4, 0.5) is 5.13 Å². The van der Waals surface area contributed by atoms with Crippen molar-refractivity contribution in [2.75, 3.05) is 11.2 Å². The van der Waals surface area contributed by atoms with Crippen molar-refractivity contribution >= 4 is 51.4 Å². The van der Waals surface area contributed by atoms with E-state index in [9.17, 15) is 0 Å². The Hall–Kier alpha value is -0.460. The topological polar surface area (TPSA) is 50.9 Å². The summed E-state index contributed by atoms with van der Waals surface area (Å²) in [5.74, 6) is 6.37. The number of hydrogen-bond donors (Lipinski definition) is 2. The Morgan fingerprint density at radius 3 is 2.78 bits per heavy atom. The molecule has 3 nitrogen and oxygen atoms in total. The Morgan fingerprint density at radius 2 is 2.17 bits per heavy atom. The van der Waals surface area contributed by atoms with Crippen LogP contribution in [0.5, 0.6) is 0 Å². The standard InChI is InChI=1S/C11H11Cl2N3S2/c1-2-17-10-9(15-11(16-14)18-10)6-3-4-7(12)8(13)5-6/h3-5H,2,14H2,1H3,(H,15,16). The molecule has 18 heavy (non-hydrogen) atoms. The van der Waals surface area contributed by atoms with E-state index in [1.165, 1.54) is 11.3 Å². The molecule has 0 amide bonds. The molecule has 3 N–H and O–H groups in total. The lowest BCUT2D eigenvalue weighted by Crippen LogP contribution is -2.05. The van der Waals surface area contributed by atoms with Gasteiger partial charge in [0.2, 0.25) is 0 Å². The fraction of sp³-hybridized carbons (Fsp3) is 0.182. The predicted octanol–water partition coefficient (Wildman–Crippen LogP) is 4.51. The Labute approximate surface area is 124 Å². The average Bonchev–Trinajstić information content (AvgIpc) is 2.76. The molecule has 0 radical (unpaired) electrons. The normalized spacial score (nSPS) is 10.7. The molecule has 0 saturated heterocycles. The zero-order valence-electron chi connectivity index (χ0n) is 9.54. The van der Waals surface area contributed by atoms with Crippen molar-refractivity contribution in [1.29, 1.82) is 0 Å². The highest BCUT2D eigenvalue weighted by Gasteiger charge is 2.13. The zero-order chi connectivity index (χ0) is 13.1. The minimum atomic E-state index is 0.525. The van der Waals surface area contributed by atoms with E-state index in [1.807, 2.05) is 12.1 Å². The second kappa shape index (κ2) is 6.12. The van der Waals surface area contributed by atoms with E-state index in [0.717, 1.165) is 21.2 Å². The molecule has 96 valence electrons. The molecule has 0 aliphatic heterocycles. The van der Waals surface area contributed by atoms with E-state index >= 15 is 0 Å². The smallest absolute Gasteiger partial charge is 0.198 e. The lowest BCUT2D eigenvalue weighted by Gasteiger charge is -2.02. The first-order valence-corrected chi connectivity index (χ1v) is 7.77. The fourth-order valence-electron chi connectivity index (χ4n) is 1.42. The summed E-state index contributed by atoms with van der Waals surface area (Å²) in [6, 6.07) is 5.50. The molecule has 7 heteroatoms. The second-order valence-corrected chi connectivity index (χ2v) is 6.71. The SMILES string of the molecule is CCSc1sc(NN)nc1-c1ccc(Cl)c(Cl)c1. The highest BCUT2D eigenvalue weighted by molar-refractivity contribution is 8.01. The molecule has 1 aromatic carbocycles. The van der Waals surface area contributed by atoms with Crippen molar-refractivity contribution in [3.8, 4) is 11.3 Å². The molecule has 0 saturated carbocycles. The molecule has 1 aromatic heterocycles. The zero-order valence-corrected chi connectivity index (χ0v) is 12.7. The summed E-state index contributed by atoms with van der Waals surface area (Å²) < 4.78 is 1.11. The van der Waals surface area contributed by atoms with Gasteiger partial charge in [0.15, 0.2) is 5.13 Å². The molecule has 0 unspecified atom stereocenters. The number of thiazole rings is 1. The van der Waals surface area contributed by atoms with Gasteiger partial charge >= 0.3 is 0 Å². The molecule has 0 aliphatic rings. The molecular formula is C11H11Cl2N3S2. The van der Waals surface area contributed by atoms with Crippen LogP contribution in [0, 0.1) is 0 Å². The summed E-state index contributed by atoms with van der Waals surface area (Å²) >= 11 is 15.2. The van der Waals surface area contributed by atoms with Gasteiger partial charge in [-0.15, -0.1) is 11.8 Å². The Bertz CT molecular complexity index is 557. The van der Waals surface area contributed by atoms with E-state index in [0.29, 0.717) is 15.2 Å². The molecular weight excluding hydrogens is 309 g/mol. The number of hydrogen-bond acceptors (Lipinski definition) is 5. The Kier molecular flexibility index (Phi) is 4.75. The lowest BCUT2D eigenvalue weighted by molar-refractivity contribution is 1.28. The first-order valence-electron chi connectivity index (χ1n) is 5.21. The van der Waals surface area contributed by atoms with Crippen molar-refractivity contribution in [1.82, 2.24) is 4.98 Å². The lowest BCUT2D eigenvalue weighted by atomic mass is 10.2. The number of hydrazine groups is 1. The van der Waals surface area contributed by atoms with Gasteiger partial charge in [-0.2, -0.15) is 0 Å². The van der Waals surface area contributed by atoms with Crippen molar-refractivity contribution < 1.29 is 0 Å². The number of nitrogens with zero attached hydrogens (tertiary/aromatic N) is 1. The largest absolute Gasteiger partial charge is 0.300 e. The van der Waals surface area contributed by atoms with Crippen LogP contribution in [-0.4, -0.2) is 10.7 Å². The van der Waals surface area contributed by atoms with Gasteiger partial charge in [-0.1, -0.05) is 47.5 Å². The number of halogens is 2. The number of rotatable bonds is 4. The second-order valence-electron chi connectivity index (χ2n) is 3.36. The summed E-state index contributed by atoms with van der Waals surface area (Å²) in [7, 11) is 0. The van der Waals surface area contributed by atoms with Crippen molar-refractivity contribution in [2.45, 2.75) is 11.1 Å². The monoisotopic (exact) mass is 319 g/mol. The van der Waals surface area contributed by atoms with Crippen LogP contribution in [0.15, 0.2) is 22.4 Å². The van der Waals surface area contributed by atoms with E-state index < -0.39 is 0 Å². The number of benzene rings is 1. The van der Waals surface area contributed by atoms with Crippen LogP contribution in [0.1, 0.15) is 6.92 Å². The number of thioether (sulfide) groups is 1. The summed E-state index contributed by atoms with van der Waals surface area (Å²) in [4.78, 5) is 4.45. The van der Waals surface area contributed by atoms with Gasteiger partial charge < -0.3 is 0 Å². The number of nitrogen functional groups attached to an aromatic ring is 1. The minimum Gasteiger partial charge on any atom is -0.300 e. The van der Waals surface area contributed by atoms with Gasteiger partial charge in [-0.3, -0.25) is 5.43 Å². The van der Waals surface area contributed by atoms with Crippen LogP contribution < -0.4 is 11.3 Å². The molecule has 0 bridgehead atoms. The van der Waals surface area contributed by atoms with Crippen LogP contribution in [-0.2, 0) is 0 Å². The summed E-state index contributed by atoms with van der Waals surface area (Å²) in [6.07, 6.45) is 0. The fourth-order valence-corrected chi connectivity index (χ4v) is 3.74. The quantitative estimate of drug-likeness (QED) is 0.494. The summed E-state index contributed by atoms with van der Waals surface area (Å²) in [5.41, 5.74) is 4.41. The van der Waals surface area contributed by atoms with E-state index in [-0.39, 0.29) is 0 Å². The summed E-state index contributed by atoms with van der Waals surface area (Å²) in [6.45, 7) is 2.10. The van der Waals surface area contributed by atoms with Crippen LogP contribution in [0.3, 0.4) is 0 Å². The third-order valence-electron chi connectivity index (χ3n) is 2.19. The minimum absolute atomic E-state index is 0.525. The first kappa shape index (κ1) is 14.0. The third-order valence-corrected chi connectivity index (χ3v) is 5.06. The predicted molar refractivity (Wildman–Crippen MR) is 81.8 cm³/mol. The van der Waals surface area contributed by atoms with Gasteiger partial charge in [-0.25, -0.2) is 10.8 Å². The van der Waals surface area contributed by atoms with E-state index in [1.54, 1.807) is 17.8 Å². The maximum Gasteiger partial charge on any atom is 0.198 e. The Morgan fingerprint density at radius 1 is 1.39 bits per heavy atom. The highest BCUT2D eigenvalue weighted by Crippen LogP contribution is 2.39. The van der Waals surface area contributed by atoms with Crippen molar-refractivity contribution in [3.05, 3.63) is 28.2 Å². The van der Waals surface area contributed by atoms with Gasteiger partial charge in [0.1, 0.15) is 0 Å². The first-order chi connectivity index (χ1) is 8.65. The highest BCUT2D eigenvalue weighted by atomic mass is 35.5. The molecule has 0 aliphatic carbocycles. The molecule has 2 rings (SSSR count). The van der Waals surface area contributed by atoms with Gasteiger partial charge in [0.05, 0.1) is 19.9 Å². The van der Waals surface area contributed by atoms with Crippen molar-refractivity contribution in [3.63, 3.8) is 0 Å². The number of aromatic nitrogens is 1.